The van der Waals surface area contributed by atoms with Crippen LogP contribution in [-0.4, -0.2) is 23.1 Å². The zero-order valence-electron chi connectivity index (χ0n) is 9.06. The first kappa shape index (κ1) is 11.2. The monoisotopic (exact) mass is 202 g/mol. The maximum atomic E-state index is 8.59. The van der Waals surface area contributed by atoms with Crippen LogP contribution in [0.4, 0.5) is 5.82 Å². The molecule has 0 radical (unpaired) electrons. The summed E-state index contributed by atoms with van der Waals surface area (Å²) in [6.45, 7) is 9.48. The molecule has 4 nitrogen and oxygen atoms in total. The molecule has 15 heavy (non-hydrogen) atoms. The van der Waals surface area contributed by atoms with Crippen LogP contribution in [0.5, 0.6) is 0 Å². The number of hydrogen-bond donors (Lipinski definition) is 0. The number of hydrogen-bond acceptors (Lipinski definition) is 4. The third-order valence-electron chi connectivity index (χ3n) is 1.92. The van der Waals surface area contributed by atoms with Crippen LogP contribution in [0.2, 0.25) is 0 Å². The molecule has 78 valence electrons. The second-order valence-electron chi connectivity index (χ2n) is 3.34. The van der Waals surface area contributed by atoms with Crippen molar-refractivity contribution in [2.24, 2.45) is 0 Å². The summed E-state index contributed by atoms with van der Waals surface area (Å²) in [7, 11) is 0. The van der Waals surface area contributed by atoms with Crippen LogP contribution >= 0.6 is 0 Å². The van der Waals surface area contributed by atoms with Gasteiger partial charge in [0.05, 0.1) is 12.4 Å². The Hall–Kier alpha value is -1.89. The highest BCUT2D eigenvalue weighted by Gasteiger charge is 2.05. The van der Waals surface area contributed by atoms with E-state index in [1.165, 1.54) is 6.20 Å². The SMILES string of the molecule is C=C(C)CN(CC)c1cnc(C#N)cn1. The molecule has 1 aromatic rings. The van der Waals surface area contributed by atoms with Gasteiger partial charge in [0, 0.05) is 13.1 Å². The first-order valence-corrected chi connectivity index (χ1v) is 4.78. The molecule has 0 bridgehead atoms. The van der Waals surface area contributed by atoms with E-state index in [9.17, 15) is 0 Å². The van der Waals surface area contributed by atoms with E-state index in [2.05, 4.69) is 21.4 Å². The second kappa shape index (κ2) is 5.11. The Kier molecular flexibility index (Phi) is 3.81. The number of aromatic nitrogens is 2. The zero-order valence-corrected chi connectivity index (χ0v) is 9.06. The first-order chi connectivity index (χ1) is 7.17. The van der Waals surface area contributed by atoms with Gasteiger partial charge >= 0.3 is 0 Å². The minimum Gasteiger partial charge on any atom is -0.352 e. The van der Waals surface area contributed by atoms with Gasteiger partial charge in [-0.15, -0.1) is 0 Å². The molecule has 0 aliphatic rings. The molecule has 0 saturated heterocycles. The average Bonchev–Trinajstić information content (AvgIpc) is 2.26. The summed E-state index contributed by atoms with van der Waals surface area (Å²) in [6.07, 6.45) is 3.10. The van der Waals surface area contributed by atoms with E-state index in [4.69, 9.17) is 5.26 Å². The predicted octanol–water partition coefficient (Wildman–Crippen LogP) is 1.75. The Morgan fingerprint density at radius 2 is 2.27 bits per heavy atom. The Bertz CT molecular complexity index is 375. The van der Waals surface area contributed by atoms with Crippen molar-refractivity contribution in [3.05, 3.63) is 30.2 Å². The molecule has 0 unspecified atom stereocenters. The van der Waals surface area contributed by atoms with E-state index < -0.39 is 0 Å². The lowest BCUT2D eigenvalue weighted by Crippen LogP contribution is -2.25. The van der Waals surface area contributed by atoms with Crippen LogP contribution in [0.1, 0.15) is 19.5 Å². The van der Waals surface area contributed by atoms with Crippen LogP contribution in [-0.2, 0) is 0 Å². The van der Waals surface area contributed by atoms with Crippen LogP contribution in [0.15, 0.2) is 24.5 Å². The number of nitrogens with zero attached hydrogens (tertiary/aromatic N) is 4. The zero-order chi connectivity index (χ0) is 11.3. The Balaban J connectivity index is 2.84. The molecule has 0 aromatic carbocycles. The summed E-state index contributed by atoms with van der Waals surface area (Å²) in [5.74, 6) is 0.777. The van der Waals surface area contributed by atoms with Gasteiger partial charge in [0.2, 0.25) is 0 Å². The normalized spacial score (nSPS) is 9.40. The molecular weight excluding hydrogens is 188 g/mol. The van der Waals surface area contributed by atoms with Crippen LogP contribution < -0.4 is 4.90 Å². The van der Waals surface area contributed by atoms with E-state index in [0.717, 1.165) is 24.5 Å². The predicted molar refractivity (Wildman–Crippen MR) is 59.4 cm³/mol. The maximum absolute atomic E-state index is 8.59. The van der Waals surface area contributed by atoms with E-state index in [1.54, 1.807) is 6.20 Å². The Morgan fingerprint density at radius 3 is 2.67 bits per heavy atom. The molecule has 4 heteroatoms. The van der Waals surface area contributed by atoms with Gasteiger partial charge in [-0.3, -0.25) is 0 Å². The number of anilines is 1. The van der Waals surface area contributed by atoms with Gasteiger partial charge in [-0.2, -0.15) is 5.26 Å². The van der Waals surface area contributed by atoms with Crippen molar-refractivity contribution in [1.82, 2.24) is 9.97 Å². The van der Waals surface area contributed by atoms with Crippen LogP contribution in [0.25, 0.3) is 0 Å². The molecule has 0 spiro atoms. The standard InChI is InChI=1S/C11H14N4/c1-4-15(8-9(2)3)11-7-13-10(5-12)6-14-11/h6-7H,2,4,8H2,1,3H3. The van der Waals surface area contributed by atoms with Crippen molar-refractivity contribution in [1.29, 1.82) is 5.26 Å². The lowest BCUT2D eigenvalue weighted by molar-refractivity contribution is 0.852. The summed E-state index contributed by atoms with van der Waals surface area (Å²) in [6, 6.07) is 1.94. The molecule has 1 rings (SSSR count). The highest BCUT2D eigenvalue weighted by atomic mass is 15.2. The average molecular weight is 202 g/mol. The third-order valence-corrected chi connectivity index (χ3v) is 1.92. The van der Waals surface area contributed by atoms with Gasteiger partial charge in [-0.25, -0.2) is 9.97 Å². The summed E-state index contributed by atoms with van der Waals surface area (Å²) in [5.41, 5.74) is 1.41. The largest absolute Gasteiger partial charge is 0.352 e. The fourth-order valence-corrected chi connectivity index (χ4v) is 1.22. The summed E-state index contributed by atoms with van der Waals surface area (Å²) in [4.78, 5) is 10.2. The van der Waals surface area contributed by atoms with Crippen molar-refractivity contribution in [3.8, 4) is 6.07 Å². The van der Waals surface area contributed by atoms with E-state index in [0.29, 0.717) is 5.69 Å². The molecule has 0 aliphatic heterocycles. The molecular formula is C11H14N4. The molecule has 0 fully saturated rings. The summed E-state index contributed by atoms with van der Waals surface area (Å²) < 4.78 is 0. The van der Waals surface area contributed by atoms with Crippen molar-refractivity contribution in [2.45, 2.75) is 13.8 Å². The third kappa shape index (κ3) is 3.06. The smallest absolute Gasteiger partial charge is 0.158 e. The van der Waals surface area contributed by atoms with E-state index >= 15 is 0 Å². The van der Waals surface area contributed by atoms with Crippen molar-refractivity contribution in [3.63, 3.8) is 0 Å². The molecule has 0 amide bonds. The molecule has 0 atom stereocenters. The molecule has 1 heterocycles. The van der Waals surface area contributed by atoms with Crippen molar-refractivity contribution in [2.75, 3.05) is 18.0 Å². The highest BCUT2D eigenvalue weighted by molar-refractivity contribution is 5.38. The van der Waals surface area contributed by atoms with Gasteiger partial charge < -0.3 is 4.90 Å². The van der Waals surface area contributed by atoms with Crippen molar-refractivity contribution >= 4 is 5.82 Å². The van der Waals surface area contributed by atoms with E-state index in [-0.39, 0.29) is 0 Å². The van der Waals surface area contributed by atoms with E-state index in [1.807, 2.05) is 19.9 Å². The minimum absolute atomic E-state index is 0.338. The lowest BCUT2D eigenvalue weighted by Gasteiger charge is -2.21. The lowest BCUT2D eigenvalue weighted by atomic mass is 10.3. The topological polar surface area (TPSA) is 52.8 Å². The summed E-state index contributed by atoms with van der Waals surface area (Å²) >= 11 is 0. The minimum atomic E-state index is 0.338. The molecule has 0 saturated carbocycles. The van der Waals surface area contributed by atoms with Gasteiger partial charge in [0.25, 0.3) is 0 Å². The summed E-state index contributed by atoms with van der Waals surface area (Å²) in [5, 5.41) is 8.59. The second-order valence-corrected chi connectivity index (χ2v) is 3.34. The van der Waals surface area contributed by atoms with Gasteiger partial charge in [-0.1, -0.05) is 12.2 Å². The molecule has 0 N–H and O–H groups in total. The highest BCUT2D eigenvalue weighted by Crippen LogP contribution is 2.09. The van der Waals surface area contributed by atoms with Gasteiger partial charge in [0.1, 0.15) is 11.9 Å². The first-order valence-electron chi connectivity index (χ1n) is 4.78. The number of likely N-dealkylation sites (N-methyl/N-ethyl adjacent to an activating group) is 1. The fourth-order valence-electron chi connectivity index (χ4n) is 1.22. The Labute approximate surface area is 89.9 Å². The number of nitriles is 1. The quantitative estimate of drug-likeness (QED) is 0.698. The number of rotatable bonds is 4. The molecule has 0 aliphatic carbocycles. The van der Waals surface area contributed by atoms with Gasteiger partial charge in [-0.05, 0) is 13.8 Å². The Morgan fingerprint density at radius 1 is 1.53 bits per heavy atom. The van der Waals surface area contributed by atoms with Gasteiger partial charge in [0.15, 0.2) is 5.69 Å². The van der Waals surface area contributed by atoms with Crippen molar-refractivity contribution < 1.29 is 0 Å². The molecule has 1 aromatic heterocycles. The van der Waals surface area contributed by atoms with Crippen LogP contribution in [0, 0.1) is 11.3 Å². The van der Waals surface area contributed by atoms with Crippen LogP contribution in [0.3, 0.4) is 0 Å². The maximum Gasteiger partial charge on any atom is 0.158 e. The fraction of sp³-hybridized carbons (Fsp3) is 0.364.